The summed E-state index contributed by atoms with van der Waals surface area (Å²) in [4.78, 5) is 50.6. The summed E-state index contributed by atoms with van der Waals surface area (Å²) in [6.07, 6.45) is 5.13. The van der Waals surface area contributed by atoms with Crippen molar-refractivity contribution in [3.05, 3.63) is 35.4 Å². The molecule has 8 heteroatoms. The van der Waals surface area contributed by atoms with Crippen LogP contribution < -0.4 is 10.8 Å². The third kappa shape index (κ3) is 4.48. The van der Waals surface area contributed by atoms with Gasteiger partial charge in [-0.2, -0.15) is 0 Å². The molecular weight excluding hydrogens is 374 g/mol. The maximum Gasteiger partial charge on any atom is 0.325 e. The fourth-order valence-corrected chi connectivity index (χ4v) is 4.45. The lowest BCUT2D eigenvalue weighted by Crippen LogP contribution is -2.53. The first-order valence-corrected chi connectivity index (χ1v) is 10.1. The number of nitrogens with one attached hydrogen (secondary N) is 2. The minimum atomic E-state index is -1.01. The van der Waals surface area contributed by atoms with Gasteiger partial charge in [-0.3, -0.25) is 19.6 Å². The van der Waals surface area contributed by atoms with Gasteiger partial charge in [0.15, 0.2) is 5.78 Å². The third-order valence-electron chi connectivity index (χ3n) is 5.90. The van der Waals surface area contributed by atoms with Crippen molar-refractivity contribution < 1.29 is 24.4 Å². The Hall–Kier alpha value is -2.74. The van der Waals surface area contributed by atoms with Crippen molar-refractivity contribution in [3.8, 4) is 0 Å². The van der Waals surface area contributed by atoms with Crippen LogP contribution in [0.4, 0.5) is 4.79 Å². The van der Waals surface area contributed by atoms with E-state index in [9.17, 15) is 19.2 Å². The zero-order valence-electron chi connectivity index (χ0n) is 16.5. The molecule has 1 aromatic rings. The molecular formula is C21H27N3O5. The molecule has 0 bridgehead atoms. The zero-order chi connectivity index (χ0) is 21.0. The van der Waals surface area contributed by atoms with E-state index in [4.69, 9.17) is 5.21 Å². The molecule has 2 atom stereocenters. The summed E-state index contributed by atoms with van der Waals surface area (Å²) >= 11 is 0. The molecule has 1 heterocycles. The molecule has 3 rings (SSSR count). The van der Waals surface area contributed by atoms with Gasteiger partial charge in [0.1, 0.15) is 12.1 Å². The SMILES string of the molecule is CC(=O)c1ccccc1CCC1NC(=O)N(C(C(=O)NO)C2CCCCC2)C1=O. The lowest BCUT2D eigenvalue weighted by molar-refractivity contribution is -0.143. The molecule has 2 fully saturated rings. The van der Waals surface area contributed by atoms with Gasteiger partial charge in [-0.25, -0.2) is 15.2 Å². The maximum atomic E-state index is 13.0. The van der Waals surface area contributed by atoms with Crippen molar-refractivity contribution in [3.63, 3.8) is 0 Å². The van der Waals surface area contributed by atoms with E-state index in [1.807, 2.05) is 12.1 Å². The monoisotopic (exact) mass is 401 g/mol. The van der Waals surface area contributed by atoms with Gasteiger partial charge >= 0.3 is 6.03 Å². The quantitative estimate of drug-likeness (QED) is 0.280. The molecule has 1 aromatic carbocycles. The number of amides is 4. The van der Waals surface area contributed by atoms with Crippen molar-refractivity contribution in [2.75, 3.05) is 0 Å². The van der Waals surface area contributed by atoms with Crippen molar-refractivity contribution >= 4 is 23.6 Å². The summed E-state index contributed by atoms with van der Waals surface area (Å²) in [5, 5.41) is 11.8. The fraction of sp³-hybridized carbons (Fsp3) is 0.524. The molecule has 1 aliphatic heterocycles. The Morgan fingerprint density at radius 2 is 1.90 bits per heavy atom. The lowest BCUT2D eigenvalue weighted by Gasteiger charge is -2.33. The van der Waals surface area contributed by atoms with E-state index in [0.29, 0.717) is 18.4 Å². The molecule has 1 aliphatic carbocycles. The smallest absolute Gasteiger partial charge is 0.325 e. The van der Waals surface area contributed by atoms with Crippen LogP contribution in [0.25, 0.3) is 0 Å². The maximum absolute atomic E-state index is 13.0. The first-order chi connectivity index (χ1) is 13.9. The summed E-state index contributed by atoms with van der Waals surface area (Å²) in [6.45, 7) is 1.49. The Morgan fingerprint density at radius 3 is 2.55 bits per heavy atom. The predicted molar refractivity (Wildman–Crippen MR) is 104 cm³/mol. The fourth-order valence-electron chi connectivity index (χ4n) is 4.45. The van der Waals surface area contributed by atoms with Gasteiger partial charge in [0.25, 0.3) is 11.8 Å². The number of carbonyl (C=O) groups excluding carboxylic acids is 4. The second kappa shape index (κ2) is 9.17. The summed E-state index contributed by atoms with van der Waals surface area (Å²) in [6, 6.07) is 4.80. The number of aryl methyl sites for hydroxylation is 1. The number of hydroxylamine groups is 1. The number of benzene rings is 1. The van der Waals surface area contributed by atoms with Crippen LogP contribution in [0.2, 0.25) is 0 Å². The van der Waals surface area contributed by atoms with E-state index >= 15 is 0 Å². The van der Waals surface area contributed by atoms with Crippen LogP contribution in [0, 0.1) is 5.92 Å². The standard InChI is InChI=1S/C21H27N3O5/c1-13(25)16-10-6-5-7-14(16)11-12-17-20(27)24(21(28)22-17)18(19(26)23-29)15-8-3-2-4-9-15/h5-7,10,15,17-18,29H,2-4,8-9,11-12H2,1H3,(H,22,28)(H,23,26). The average molecular weight is 401 g/mol. The largest absolute Gasteiger partial charge is 0.326 e. The van der Waals surface area contributed by atoms with E-state index in [0.717, 1.165) is 42.6 Å². The number of Topliss-reactive ketones (excluding diaryl/α,β-unsaturated/α-hetero) is 1. The molecule has 0 spiro atoms. The van der Waals surface area contributed by atoms with E-state index in [1.165, 1.54) is 6.92 Å². The number of rotatable bonds is 7. The highest BCUT2D eigenvalue weighted by Gasteiger charge is 2.47. The number of ketones is 1. The van der Waals surface area contributed by atoms with Crippen molar-refractivity contribution in [2.24, 2.45) is 5.92 Å². The first-order valence-electron chi connectivity index (χ1n) is 10.1. The van der Waals surface area contributed by atoms with Crippen molar-refractivity contribution in [1.82, 2.24) is 15.7 Å². The molecule has 1 saturated heterocycles. The van der Waals surface area contributed by atoms with E-state index < -0.39 is 29.9 Å². The molecule has 0 radical (unpaired) electrons. The number of hydrogen-bond donors (Lipinski definition) is 3. The highest BCUT2D eigenvalue weighted by atomic mass is 16.5. The van der Waals surface area contributed by atoms with Crippen molar-refractivity contribution in [1.29, 1.82) is 0 Å². The van der Waals surface area contributed by atoms with Crippen LogP contribution in [0.1, 0.15) is 61.4 Å². The lowest BCUT2D eigenvalue weighted by atomic mass is 9.83. The highest BCUT2D eigenvalue weighted by Crippen LogP contribution is 2.31. The highest BCUT2D eigenvalue weighted by molar-refractivity contribution is 6.07. The van der Waals surface area contributed by atoms with Crippen LogP contribution in [-0.2, 0) is 16.0 Å². The van der Waals surface area contributed by atoms with E-state index in [-0.39, 0.29) is 11.7 Å². The Balaban J connectivity index is 1.74. The number of imide groups is 1. The molecule has 3 N–H and O–H groups in total. The Bertz CT molecular complexity index is 803. The van der Waals surface area contributed by atoms with E-state index in [2.05, 4.69) is 5.32 Å². The Morgan fingerprint density at radius 1 is 1.21 bits per heavy atom. The summed E-state index contributed by atoms with van der Waals surface area (Å²) in [5.74, 6) is -1.42. The summed E-state index contributed by atoms with van der Waals surface area (Å²) in [5.41, 5.74) is 3.04. The van der Waals surface area contributed by atoms with Crippen LogP contribution in [0.5, 0.6) is 0 Å². The van der Waals surface area contributed by atoms with Crippen molar-refractivity contribution in [2.45, 2.75) is 64.0 Å². The number of hydrogen-bond acceptors (Lipinski definition) is 5. The normalized spacial score (nSPS) is 21.0. The molecule has 2 aliphatic rings. The molecule has 1 saturated carbocycles. The molecule has 29 heavy (non-hydrogen) atoms. The Labute approximate surface area is 169 Å². The van der Waals surface area contributed by atoms with E-state index in [1.54, 1.807) is 17.6 Å². The predicted octanol–water partition coefficient (Wildman–Crippen LogP) is 2.20. The number of nitrogens with zero attached hydrogens (tertiary/aromatic N) is 1. The van der Waals surface area contributed by atoms with Gasteiger partial charge in [-0.15, -0.1) is 0 Å². The second-order valence-electron chi connectivity index (χ2n) is 7.78. The first kappa shape index (κ1) is 21.0. The molecule has 4 amide bonds. The van der Waals surface area contributed by atoms with Crippen LogP contribution >= 0.6 is 0 Å². The van der Waals surface area contributed by atoms with Gasteiger partial charge < -0.3 is 5.32 Å². The van der Waals surface area contributed by atoms with Crippen LogP contribution in [-0.4, -0.2) is 45.8 Å². The van der Waals surface area contributed by atoms with Gasteiger partial charge in [0, 0.05) is 5.56 Å². The van der Waals surface area contributed by atoms with Crippen LogP contribution in [0.3, 0.4) is 0 Å². The minimum Gasteiger partial charge on any atom is -0.326 e. The summed E-state index contributed by atoms with van der Waals surface area (Å²) < 4.78 is 0. The Kier molecular flexibility index (Phi) is 6.64. The van der Waals surface area contributed by atoms with Gasteiger partial charge in [-0.1, -0.05) is 43.5 Å². The summed E-state index contributed by atoms with van der Waals surface area (Å²) in [7, 11) is 0. The van der Waals surface area contributed by atoms with Crippen LogP contribution in [0.15, 0.2) is 24.3 Å². The van der Waals surface area contributed by atoms with Gasteiger partial charge in [-0.05, 0) is 44.1 Å². The third-order valence-corrected chi connectivity index (χ3v) is 5.90. The molecule has 0 aromatic heterocycles. The second-order valence-corrected chi connectivity index (χ2v) is 7.78. The topological polar surface area (TPSA) is 116 Å². The van der Waals surface area contributed by atoms with Gasteiger partial charge in [0.2, 0.25) is 0 Å². The number of urea groups is 1. The average Bonchev–Trinajstić information content (AvgIpc) is 3.01. The van der Waals surface area contributed by atoms with Gasteiger partial charge in [0.05, 0.1) is 0 Å². The molecule has 156 valence electrons. The molecule has 2 unspecified atom stereocenters. The number of carbonyl (C=O) groups is 4. The zero-order valence-corrected chi connectivity index (χ0v) is 16.5. The molecule has 8 nitrogen and oxygen atoms in total. The minimum absolute atomic E-state index is 0.0546.